The van der Waals surface area contributed by atoms with Gasteiger partial charge in [0.15, 0.2) is 0 Å². The molecule has 25 heavy (non-hydrogen) atoms. The average molecular weight is 370 g/mol. The van der Waals surface area contributed by atoms with Crippen molar-refractivity contribution in [2.75, 3.05) is 12.8 Å². The smallest absolute Gasteiger partial charge is 0.371 e. The molecule has 8 nitrogen and oxygen atoms in total. The van der Waals surface area contributed by atoms with Crippen LogP contribution in [0.3, 0.4) is 0 Å². The highest BCUT2D eigenvalue weighted by atomic mass is 31.2. The standard InChI is InChI=1S/C16H23N2O6P/c1-3-5-6-11-25(21,22-4-2)23-12-13-7-8-15(24-13)18-10-9-14(19)17-16(18)20/h2,9-10,13,15H,3,5-8,11-12H2,1H3,(H,17,19,20). The molecule has 0 aliphatic carbocycles. The van der Waals surface area contributed by atoms with Crippen LogP contribution < -0.4 is 11.2 Å². The summed E-state index contributed by atoms with van der Waals surface area (Å²) in [5, 5.41) is 0. The number of terminal acetylenes is 1. The minimum Gasteiger partial charge on any atom is -0.371 e. The molecule has 1 aromatic rings. The van der Waals surface area contributed by atoms with Crippen LogP contribution >= 0.6 is 7.60 Å². The Morgan fingerprint density at radius 3 is 2.92 bits per heavy atom. The Bertz CT molecular complexity index is 765. The number of hydrogen-bond acceptors (Lipinski definition) is 6. The van der Waals surface area contributed by atoms with Crippen molar-refractivity contribution in [1.82, 2.24) is 9.55 Å². The Labute approximate surface area is 146 Å². The summed E-state index contributed by atoms with van der Waals surface area (Å²) in [5.41, 5.74) is -0.987. The van der Waals surface area contributed by atoms with Crippen molar-refractivity contribution in [3.63, 3.8) is 0 Å². The predicted molar refractivity (Wildman–Crippen MR) is 92.3 cm³/mol. The number of aromatic amines is 1. The Morgan fingerprint density at radius 1 is 1.44 bits per heavy atom. The number of unbranched alkanes of at least 4 members (excludes halogenated alkanes) is 2. The van der Waals surface area contributed by atoms with Gasteiger partial charge in [0, 0.05) is 12.3 Å². The highest BCUT2D eigenvalue weighted by Gasteiger charge is 2.31. The van der Waals surface area contributed by atoms with E-state index in [1.165, 1.54) is 16.8 Å². The van der Waals surface area contributed by atoms with Crippen LogP contribution in [0.1, 0.15) is 45.3 Å². The summed E-state index contributed by atoms with van der Waals surface area (Å²) >= 11 is 0. The molecule has 0 amide bonds. The van der Waals surface area contributed by atoms with Crippen molar-refractivity contribution < 1.29 is 18.3 Å². The first-order chi connectivity index (χ1) is 12.0. The maximum atomic E-state index is 12.6. The van der Waals surface area contributed by atoms with E-state index in [9.17, 15) is 14.2 Å². The molecule has 3 atom stereocenters. The molecule has 0 saturated carbocycles. The third kappa shape index (κ3) is 5.60. The lowest BCUT2D eigenvalue weighted by molar-refractivity contribution is -0.0215. The largest absolute Gasteiger partial charge is 0.387 e. The van der Waals surface area contributed by atoms with E-state index in [2.05, 4.69) is 4.98 Å². The SMILES string of the molecule is C#COP(=O)(CCCCC)OCC1CCC(n2ccc(=O)[nH]c2=O)O1. The number of H-pyrrole nitrogens is 1. The van der Waals surface area contributed by atoms with E-state index in [1.807, 2.05) is 13.0 Å². The van der Waals surface area contributed by atoms with Crippen LogP contribution in [0.5, 0.6) is 0 Å². The van der Waals surface area contributed by atoms with Gasteiger partial charge >= 0.3 is 13.3 Å². The van der Waals surface area contributed by atoms with Gasteiger partial charge in [0.2, 0.25) is 0 Å². The Kier molecular flexibility index (Phi) is 7.06. The molecule has 1 saturated heterocycles. The number of nitrogens with one attached hydrogen (secondary N) is 1. The number of hydrogen-bond donors (Lipinski definition) is 1. The molecule has 0 bridgehead atoms. The zero-order valence-corrected chi connectivity index (χ0v) is 15.1. The van der Waals surface area contributed by atoms with Crippen molar-refractivity contribution in [3.05, 3.63) is 33.1 Å². The summed E-state index contributed by atoms with van der Waals surface area (Å²) in [4.78, 5) is 25.1. The van der Waals surface area contributed by atoms with Crippen molar-refractivity contribution in [3.8, 4) is 12.5 Å². The topological polar surface area (TPSA) is 99.6 Å². The fraction of sp³-hybridized carbons (Fsp3) is 0.625. The first-order valence-electron chi connectivity index (χ1n) is 8.32. The van der Waals surface area contributed by atoms with E-state index in [0.29, 0.717) is 19.3 Å². The van der Waals surface area contributed by atoms with Crippen molar-refractivity contribution in [1.29, 1.82) is 0 Å². The van der Waals surface area contributed by atoms with Gasteiger partial charge in [-0.15, -0.1) is 0 Å². The first kappa shape index (κ1) is 19.5. The predicted octanol–water partition coefficient (Wildman–Crippen LogP) is 2.22. The van der Waals surface area contributed by atoms with Gasteiger partial charge in [-0.05, 0) is 19.3 Å². The lowest BCUT2D eigenvalue weighted by atomic mass is 10.2. The third-order valence-electron chi connectivity index (χ3n) is 3.93. The highest BCUT2D eigenvalue weighted by Crippen LogP contribution is 2.49. The average Bonchev–Trinajstić information content (AvgIpc) is 3.02. The minimum atomic E-state index is -3.34. The number of aromatic nitrogens is 2. The Morgan fingerprint density at radius 2 is 2.24 bits per heavy atom. The lowest BCUT2D eigenvalue weighted by Crippen LogP contribution is -2.31. The van der Waals surface area contributed by atoms with Crippen molar-refractivity contribution >= 4 is 7.60 Å². The fourth-order valence-electron chi connectivity index (χ4n) is 2.64. The van der Waals surface area contributed by atoms with Gasteiger partial charge in [0.1, 0.15) is 12.3 Å². The molecule has 1 aliphatic heterocycles. The highest BCUT2D eigenvalue weighted by molar-refractivity contribution is 7.54. The van der Waals surface area contributed by atoms with Crippen molar-refractivity contribution in [2.45, 2.75) is 51.4 Å². The normalized spacial score (nSPS) is 22.2. The summed E-state index contributed by atoms with van der Waals surface area (Å²) in [6, 6.07) is 1.26. The Hall–Kier alpha value is -1.81. The second-order valence-electron chi connectivity index (χ2n) is 5.85. The van der Waals surface area contributed by atoms with E-state index >= 15 is 0 Å². The van der Waals surface area contributed by atoms with Gasteiger partial charge in [0.05, 0.1) is 18.9 Å². The lowest BCUT2D eigenvalue weighted by Gasteiger charge is -2.19. The second-order valence-corrected chi connectivity index (χ2v) is 7.96. The van der Waals surface area contributed by atoms with Crippen LogP contribution in [0.15, 0.2) is 21.9 Å². The molecular formula is C16H23N2O6P. The van der Waals surface area contributed by atoms with Gasteiger partial charge in [0.25, 0.3) is 5.56 Å². The van der Waals surface area contributed by atoms with Gasteiger partial charge in [-0.25, -0.2) is 9.36 Å². The second kappa shape index (κ2) is 9.04. The number of nitrogens with zero attached hydrogens (tertiary/aromatic N) is 1. The maximum absolute atomic E-state index is 12.6. The molecule has 1 aromatic heterocycles. The molecule has 1 fully saturated rings. The van der Waals surface area contributed by atoms with Crippen LogP contribution in [0, 0.1) is 12.5 Å². The van der Waals surface area contributed by atoms with E-state index in [0.717, 1.165) is 12.8 Å². The summed E-state index contributed by atoms with van der Waals surface area (Å²) in [6.07, 6.45) is 11.7. The molecule has 2 rings (SSSR count). The van der Waals surface area contributed by atoms with Crippen LogP contribution in [0.4, 0.5) is 0 Å². The minimum absolute atomic E-state index is 0.0691. The first-order valence-corrected chi connectivity index (χ1v) is 10.0. The van der Waals surface area contributed by atoms with E-state index in [-0.39, 0.29) is 18.9 Å². The van der Waals surface area contributed by atoms with Crippen LogP contribution in [-0.4, -0.2) is 28.4 Å². The molecule has 1 N–H and O–H groups in total. The molecular weight excluding hydrogens is 347 g/mol. The quantitative estimate of drug-likeness (QED) is 0.406. The third-order valence-corrected chi connectivity index (χ3v) is 5.72. The fourth-order valence-corrected chi connectivity index (χ4v) is 4.08. The van der Waals surface area contributed by atoms with Gasteiger partial charge in [-0.3, -0.25) is 18.9 Å². The van der Waals surface area contributed by atoms with Gasteiger partial charge in [-0.1, -0.05) is 26.2 Å². The summed E-state index contributed by atoms with van der Waals surface area (Å²) in [6.45, 7) is 2.11. The summed E-state index contributed by atoms with van der Waals surface area (Å²) in [7, 11) is -3.34. The van der Waals surface area contributed by atoms with Gasteiger partial charge < -0.3 is 9.26 Å². The monoisotopic (exact) mass is 370 g/mol. The molecule has 3 unspecified atom stereocenters. The molecule has 0 spiro atoms. The van der Waals surface area contributed by atoms with Crippen molar-refractivity contribution in [2.24, 2.45) is 0 Å². The summed E-state index contributed by atoms with van der Waals surface area (Å²) in [5.74, 6) is 0. The van der Waals surface area contributed by atoms with E-state index in [4.69, 9.17) is 20.2 Å². The molecule has 0 radical (unpaired) electrons. The van der Waals surface area contributed by atoms with E-state index < -0.39 is 25.1 Å². The molecule has 0 aromatic carbocycles. The molecule has 2 heterocycles. The molecule has 1 aliphatic rings. The maximum Gasteiger partial charge on any atom is 0.387 e. The van der Waals surface area contributed by atoms with Crippen LogP contribution in [0.2, 0.25) is 0 Å². The number of ether oxygens (including phenoxy) is 1. The Balaban J connectivity index is 1.91. The molecule has 138 valence electrons. The van der Waals surface area contributed by atoms with Crippen LogP contribution in [0.25, 0.3) is 0 Å². The van der Waals surface area contributed by atoms with E-state index in [1.54, 1.807) is 0 Å². The zero-order chi connectivity index (χ0) is 18.3. The number of rotatable bonds is 9. The van der Waals surface area contributed by atoms with Crippen LogP contribution in [-0.2, 0) is 18.3 Å². The zero-order valence-electron chi connectivity index (χ0n) is 14.2. The summed E-state index contributed by atoms with van der Waals surface area (Å²) < 4.78 is 30.0. The van der Waals surface area contributed by atoms with Gasteiger partial charge in [-0.2, -0.15) is 0 Å². The molecule has 9 heteroatoms.